The average Bonchev–Trinajstić information content (AvgIpc) is 2.23. The highest BCUT2D eigenvalue weighted by atomic mass is 16.5. The second-order valence-corrected chi connectivity index (χ2v) is 3.23. The molecule has 0 aliphatic heterocycles. The SMILES string of the molecule is CNc1nc(C)nc(OCCCO)c1C. The summed E-state index contributed by atoms with van der Waals surface area (Å²) in [6.45, 7) is 4.32. The molecule has 1 heterocycles. The first-order valence-corrected chi connectivity index (χ1v) is 4.95. The van der Waals surface area contributed by atoms with Crippen LogP contribution in [-0.2, 0) is 0 Å². The molecule has 5 heteroatoms. The molecule has 0 aliphatic rings. The van der Waals surface area contributed by atoms with Gasteiger partial charge in [-0.2, -0.15) is 4.98 Å². The summed E-state index contributed by atoms with van der Waals surface area (Å²) in [4.78, 5) is 8.43. The monoisotopic (exact) mass is 211 g/mol. The molecule has 15 heavy (non-hydrogen) atoms. The third kappa shape index (κ3) is 3.06. The largest absolute Gasteiger partial charge is 0.477 e. The Balaban J connectivity index is 2.81. The summed E-state index contributed by atoms with van der Waals surface area (Å²) in [6, 6.07) is 0. The van der Waals surface area contributed by atoms with Crippen LogP contribution >= 0.6 is 0 Å². The summed E-state index contributed by atoms with van der Waals surface area (Å²) in [5.74, 6) is 2.03. The number of nitrogens with one attached hydrogen (secondary N) is 1. The van der Waals surface area contributed by atoms with Gasteiger partial charge in [-0.1, -0.05) is 0 Å². The van der Waals surface area contributed by atoms with E-state index >= 15 is 0 Å². The first-order chi connectivity index (χ1) is 7.19. The molecule has 84 valence electrons. The zero-order valence-electron chi connectivity index (χ0n) is 9.37. The van der Waals surface area contributed by atoms with Gasteiger partial charge in [0.05, 0.1) is 12.2 Å². The molecule has 1 rings (SSSR count). The highest BCUT2D eigenvalue weighted by molar-refractivity contribution is 5.47. The lowest BCUT2D eigenvalue weighted by molar-refractivity contribution is 0.228. The van der Waals surface area contributed by atoms with Gasteiger partial charge < -0.3 is 15.2 Å². The van der Waals surface area contributed by atoms with Gasteiger partial charge in [-0.15, -0.1) is 0 Å². The van der Waals surface area contributed by atoms with Gasteiger partial charge in [0.15, 0.2) is 0 Å². The van der Waals surface area contributed by atoms with Crippen molar-refractivity contribution in [1.82, 2.24) is 9.97 Å². The van der Waals surface area contributed by atoms with Crippen LogP contribution in [0.2, 0.25) is 0 Å². The molecule has 0 unspecified atom stereocenters. The van der Waals surface area contributed by atoms with Crippen molar-refractivity contribution in [2.45, 2.75) is 20.3 Å². The Hall–Kier alpha value is -1.36. The number of hydrogen-bond acceptors (Lipinski definition) is 5. The van der Waals surface area contributed by atoms with E-state index in [1.165, 1.54) is 0 Å². The number of nitrogens with zero attached hydrogens (tertiary/aromatic N) is 2. The fourth-order valence-corrected chi connectivity index (χ4v) is 1.22. The minimum Gasteiger partial charge on any atom is -0.477 e. The van der Waals surface area contributed by atoms with Gasteiger partial charge in [-0.05, 0) is 13.8 Å². The molecule has 5 nitrogen and oxygen atoms in total. The Morgan fingerprint density at radius 2 is 2.07 bits per heavy atom. The first-order valence-electron chi connectivity index (χ1n) is 4.95. The molecule has 0 bridgehead atoms. The Morgan fingerprint density at radius 3 is 2.67 bits per heavy atom. The lowest BCUT2D eigenvalue weighted by Gasteiger charge is -2.11. The van der Waals surface area contributed by atoms with Crippen molar-refractivity contribution in [2.75, 3.05) is 25.6 Å². The molecule has 1 aromatic rings. The van der Waals surface area contributed by atoms with Gasteiger partial charge in [-0.25, -0.2) is 4.98 Å². The summed E-state index contributed by atoms with van der Waals surface area (Å²) >= 11 is 0. The van der Waals surface area contributed by atoms with Crippen LogP contribution in [0.15, 0.2) is 0 Å². The van der Waals surface area contributed by atoms with Crippen molar-refractivity contribution in [2.24, 2.45) is 0 Å². The normalized spacial score (nSPS) is 10.1. The standard InChI is InChI=1S/C10H17N3O2/c1-7-9(11-3)12-8(2)13-10(7)15-6-4-5-14/h14H,4-6H2,1-3H3,(H,11,12,13). The van der Waals surface area contributed by atoms with Crippen LogP contribution in [0, 0.1) is 13.8 Å². The summed E-state index contributed by atoms with van der Waals surface area (Å²) in [5.41, 5.74) is 0.890. The molecule has 0 spiro atoms. The zero-order chi connectivity index (χ0) is 11.3. The molecular formula is C10H17N3O2. The summed E-state index contributed by atoms with van der Waals surface area (Å²) in [5, 5.41) is 11.6. The van der Waals surface area contributed by atoms with Gasteiger partial charge in [0.2, 0.25) is 5.88 Å². The fraction of sp³-hybridized carbons (Fsp3) is 0.600. The van der Waals surface area contributed by atoms with Gasteiger partial charge in [0, 0.05) is 20.1 Å². The summed E-state index contributed by atoms with van der Waals surface area (Å²) in [6.07, 6.45) is 0.609. The van der Waals surface area contributed by atoms with E-state index in [4.69, 9.17) is 9.84 Å². The van der Waals surface area contributed by atoms with E-state index in [-0.39, 0.29) is 6.61 Å². The van der Waals surface area contributed by atoms with Crippen molar-refractivity contribution < 1.29 is 9.84 Å². The lowest BCUT2D eigenvalue weighted by Crippen LogP contribution is -2.07. The first kappa shape index (κ1) is 11.7. The third-order valence-electron chi connectivity index (χ3n) is 1.99. The van der Waals surface area contributed by atoms with E-state index in [0.717, 1.165) is 11.4 Å². The second-order valence-electron chi connectivity index (χ2n) is 3.23. The molecule has 0 saturated carbocycles. The summed E-state index contributed by atoms with van der Waals surface area (Å²) in [7, 11) is 1.81. The van der Waals surface area contributed by atoms with Gasteiger partial charge in [-0.3, -0.25) is 0 Å². The van der Waals surface area contributed by atoms with E-state index < -0.39 is 0 Å². The molecule has 0 saturated heterocycles. The molecule has 1 aromatic heterocycles. The zero-order valence-corrected chi connectivity index (χ0v) is 9.37. The third-order valence-corrected chi connectivity index (χ3v) is 1.99. The lowest BCUT2D eigenvalue weighted by atomic mass is 10.3. The number of ether oxygens (including phenoxy) is 1. The van der Waals surface area contributed by atoms with Crippen molar-refractivity contribution in [1.29, 1.82) is 0 Å². The van der Waals surface area contributed by atoms with E-state index in [1.807, 2.05) is 20.9 Å². The number of anilines is 1. The number of hydrogen-bond donors (Lipinski definition) is 2. The number of aliphatic hydroxyl groups is 1. The van der Waals surface area contributed by atoms with Crippen molar-refractivity contribution in [3.8, 4) is 5.88 Å². The maximum absolute atomic E-state index is 8.64. The Kier molecular flexibility index (Phi) is 4.30. The van der Waals surface area contributed by atoms with Crippen LogP contribution in [0.5, 0.6) is 5.88 Å². The van der Waals surface area contributed by atoms with E-state index in [9.17, 15) is 0 Å². The highest BCUT2D eigenvalue weighted by Crippen LogP contribution is 2.21. The van der Waals surface area contributed by atoms with E-state index in [0.29, 0.717) is 24.7 Å². The smallest absolute Gasteiger partial charge is 0.221 e. The number of aliphatic hydroxyl groups excluding tert-OH is 1. The van der Waals surface area contributed by atoms with Crippen LogP contribution < -0.4 is 10.1 Å². The topological polar surface area (TPSA) is 67.3 Å². The second kappa shape index (κ2) is 5.50. The number of aromatic nitrogens is 2. The van der Waals surface area contributed by atoms with Crippen LogP contribution in [0.1, 0.15) is 17.8 Å². The van der Waals surface area contributed by atoms with Gasteiger partial charge in [0.1, 0.15) is 11.6 Å². The predicted molar refractivity (Wildman–Crippen MR) is 58.3 cm³/mol. The molecule has 0 radical (unpaired) electrons. The van der Waals surface area contributed by atoms with Crippen LogP contribution in [0.4, 0.5) is 5.82 Å². The fourth-order valence-electron chi connectivity index (χ4n) is 1.22. The molecule has 0 atom stereocenters. The minimum atomic E-state index is 0.127. The van der Waals surface area contributed by atoms with Crippen molar-refractivity contribution >= 4 is 5.82 Å². The number of rotatable bonds is 5. The molecular weight excluding hydrogens is 194 g/mol. The van der Waals surface area contributed by atoms with Gasteiger partial charge >= 0.3 is 0 Å². The van der Waals surface area contributed by atoms with Crippen molar-refractivity contribution in [3.05, 3.63) is 11.4 Å². The molecule has 0 fully saturated rings. The minimum absolute atomic E-state index is 0.127. The molecule has 0 amide bonds. The number of aryl methyl sites for hydroxylation is 1. The molecule has 0 aromatic carbocycles. The molecule has 0 aliphatic carbocycles. The maximum Gasteiger partial charge on any atom is 0.221 e. The van der Waals surface area contributed by atoms with Crippen LogP contribution in [-0.4, -0.2) is 35.3 Å². The van der Waals surface area contributed by atoms with E-state index in [2.05, 4.69) is 15.3 Å². The van der Waals surface area contributed by atoms with Crippen LogP contribution in [0.25, 0.3) is 0 Å². The van der Waals surface area contributed by atoms with Gasteiger partial charge in [0.25, 0.3) is 0 Å². The molecule has 2 N–H and O–H groups in total. The predicted octanol–water partition coefficient (Wildman–Crippen LogP) is 0.896. The maximum atomic E-state index is 8.64. The Labute approximate surface area is 89.5 Å². The van der Waals surface area contributed by atoms with Crippen molar-refractivity contribution in [3.63, 3.8) is 0 Å². The quantitative estimate of drug-likeness (QED) is 0.708. The Morgan fingerprint density at radius 1 is 1.33 bits per heavy atom. The van der Waals surface area contributed by atoms with Crippen LogP contribution in [0.3, 0.4) is 0 Å². The summed E-state index contributed by atoms with van der Waals surface area (Å²) < 4.78 is 5.45. The Bertz CT molecular complexity index is 329. The average molecular weight is 211 g/mol. The highest BCUT2D eigenvalue weighted by Gasteiger charge is 2.08. The van der Waals surface area contributed by atoms with E-state index in [1.54, 1.807) is 0 Å².